The molecule has 0 unspecified atom stereocenters. The van der Waals surface area contributed by atoms with Gasteiger partial charge in [0.05, 0.1) is 6.85 Å². The highest BCUT2D eigenvalue weighted by molar-refractivity contribution is 6.10. The lowest BCUT2D eigenvalue weighted by Gasteiger charge is -2.08. The van der Waals surface area contributed by atoms with Gasteiger partial charge in [-0.2, -0.15) is 0 Å². The molecule has 0 N–H and O–H groups in total. The van der Waals surface area contributed by atoms with E-state index >= 15 is 0 Å². The predicted octanol–water partition coefficient (Wildman–Crippen LogP) is 10.3. The minimum atomic E-state index is -0.440. The minimum absolute atomic E-state index is 0.0906. The minimum Gasteiger partial charge on any atom is -0.456 e. The van der Waals surface area contributed by atoms with E-state index in [2.05, 4.69) is 0 Å². The molecule has 0 aliphatic rings. The van der Waals surface area contributed by atoms with Crippen LogP contribution in [-0.4, -0.2) is 15.0 Å². The number of para-hydroxylation sites is 2. The Morgan fingerprint density at radius 1 is 0.432 bits per heavy atom. The third-order valence-corrected chi connectivity index (χ3v) is 7.83. The summed E-state index contributed by atoms with van der Waals surface area (Å²) >= 11 is 0. The Morgan fingerprint density at radius 2 is 1.09 bits per heavy atom. The summed E-state index contributed by atoms with van der Waals surface area (Å²) in [6.07, 6.45) is 0. The molecule has 0 radical (unpaired) electrons. The molecule has 206 valence electrons. The van der Waals surface area contributed by atoms with Crippen LogP contribution in [0, 0.1) is 0 Å². The van der Waals surface area contributed by atoms with Crippen molar-refractivity contribution in [3.05, 3.63) is 139 Å². The standard InChI is InChI=1S/C39H23N3O2/c1-3-10-24(11-4-1)28-15-9-16-31-30-20-18-27(23-35(30)44-36(28)31)39-41-37(25-12-5-2-6-13-25)40-38(42-39)26-19-21-34-32(22-26)29-14-7-8-17-33(29)43-34/h1-23H/i1D,3D,4D,10D,11D. The van der Waals surface area contributed by atoms with Gasteiger partial charge in [0.2, 0.25) is 0 Å². The molecule has 0 saturated heterocycles. The Labute approximate surface area is 259 Å². The van der Waals surface area contributed by atoms with Crippen LogP contribution in [0.1, 0.15) is 6.85 Å². The maximum absolute atomic E-state index is 8.54. The van der Waals surface area contributed by atoms with Gasteiger partial charge in [0, 0.05) is 43.8 Å². The summed E-state index contributed by atoms with van der Waals surface area (Å²) in [5.41, 5.74) is 5.42. The summed E-state index contributed by atoms with van der Waals surface area (Å²) in [5, 5.41) is 3.54. The fourth-order valence-electron chi connectivity index (χ4n) is 5.73. The molecule has 6 aromatic carbocycles. The number of fused-ring (bicyclic) bond motifs is 6. The molecule has 44 heavy (non-hydrogen) atoms. The van der Waals surface area contributed by atoms with E-state index < -0.39 is 18.1 Å². The maximum Gasteiger partial charge on any atom is 0.164 e. The summed E-state index contributed by atoms with van der Waals surface area (Å²) < 4.78 is 53.9. The average Bonchev–Trinajstić information content (AvgIpc) is 3.71. The molecule has 0 amide bonds. The van der Waals surface area contributed by atoms with Crippen LogP contribution in [0.2, 0.25) is 0 Å². The van der Waals surface area contributed by atoms with E-state index in [4.69, 9.17) is 30.6 Å². The zero-order chi connectivity index (χ0) is 33.4. The van der Waals surface area contributed by atoms with Crippen LogP contribution in [0.5, 0.6) is 0 Å². The van der Waals surface area contributed by atoms with Gasteiger partial charge in [0.1, 0.15) is 22.3 Å². The molecule has 0 saturated carbocycles. The summed E-state index contributed by atoms with van der Waals surface area (Å²) in [7, 11) is 0. The molecule has 3 aromatic heterocycles. The highest BCUT2D eigenvalue weighted by Crippen LogP contribution is 2.38. The topological polar surface area (TPSA) is 65.0 Å². The Morgan fingerprint density at radius 3 is 1.93 bits per heavy atom. The van der Waals surface area contributed by atoms with Gasteiger partial charge in [-0.3, -0.25) is 0 Å². The van der Waals surface area contributed by atoms with Crippen LogP contribution >= 0.6 is 0 Å². The van der Waals surface area contributed by atoms with E-state index in [1.807, 2.05) is 97.1 Å². The molecule has 0 spiro atoms. The van der Waals surface area contributed by atoms with Gasteiger partial charge in [-0.05, 0) is 42.0 Å². The van der Waals surface area contributed by atoms with Gasteiger partial charge in [0.15, 0.2) is 17.5 Å². The molecule has 0 bridgehead atoms. The summed E-state index contributed by atoms with van der Waals surface area (Å²) in [4.78, 5) is 14.7. The van der Waals surface area contributed by atoms with Gasteiger partial charge < -0.3 is 8.83 Å². The number of hydrogen-bond acceptors (Lipinski definition) is 5. The molecule has 5 nitrogen and oxygen atoms in total. The zero-order valence-corrected chi connectivity index (χ0v) is 23.1. The first-order chi connectivity index (χ1) is 23.9. The second-order valence-corrected chi connectivity index (χ2v) is 10.5. The van der Waals surface area contributed by atoms with Crippen LogP contribution in [0.15, 0.2) is 148 Å². The van der Waals surface area contributed by atoms with Crippen molar-refractivity contribution in [1.82, 2.24) is 15.0 Å². The van der Waals surface area contributed by atoms with Crippen LogP contribution < -0.4 is 0 Å². The van der Waals surface area contributed by atoms with Crippen molar-refractivity contribution in [2.24, 2.45) is 0 Å². The van der Waals surface area contributed by atoms with Crippen molar-refractivity contribution in [2.45, 2.75) is 0 Å². The molecule has 9 aromatic rings. The van der Waals surface area contributed by atoms with E-state index in [-0.39, 0.29) is 17.6 Å². The largest absolute Gasteiger partial charge is 0.456 e. The monoisotopic (exact) mass is 570 g/mol. The van der Waals surface area contributed by atoms with E-state index in [1.165, 1.54) is 0 Å². The molecule has 3 heterocycles. The Kier molecular flexibility index (Phi) is 4.42. The first-order valence-corrected chi connectivity index (χ1v) is 14.1. The Balaban J connectivity index is 1.22. The molecule has 0 aliphatic carbocycles. The van der Waals surface area contributed by atoms with Crippen molar-refractivity contribution >= 4 is 43.9 Å². The predicted molar refractivity (Wildman–Crippen MR) is 176 cm³/mol. The highest BCUT2D eigenvalue weighted by Gasteiger charge is 2.17. The Bertz CT molecular complexity index is 2760. The molecular weight excluding hydrogens is 542 g/mol. The normalized spacial score (nSPS) is 13.2. The van der Waals surface area contributed by atoms with Crippen molar-refractivity contribution in [1.29, 1.82) is 0 Å². The lowest BCUT2D eigenvalue weighted by molar-refractivity contribution is 0.669. The van der Waals surface area contributed by atoms with Gasteiger partial charge >= 0.3 is 0 Å². The summed E-state index contributed by atoms with van der Waals surface area (Å²) in [6, 6.07) is 32.9. The number of nitrogens with zero attached hydrogens (tertiary/aromatic N) is 3. The first-order valence-electron chi connectivity index (χ1n) is 16.6. The number of benzene rings is 6. The third-order valence-electron chi connectivity index (χ3n) is 7.83. The van der Waals surface area contributed by atoms with Crippen molar-refractivity contribution in [3.8, 4) is 45.3 Å². The molecule has 9 rings (SSSR count). The maximum atomic E-state index is 8.54. The molecule has 0 fully saturated rings. The number of hydrogen-bond donors (Lipinski definition) is 0. The van der Waals surface area contributed by atoms with Crippen molar-refractivity contribution < 1.29 is 15.7 Å². The molecule has 0 aliphatic heterocycles. The van der Waals surface area contributed by atoms with E-state index in [0.717, 1.165) is 43.8 Å². The van der Waals surface area contributed by atoms with Crippen LogP contribution in [0.3, 0.4) is 0 Å². The second-order valence-electron chi connectivity index (χ2n) is 10.5. The van der Waals surface area contributed by atoms with Crippen LogP contribution in [0.4, 0.5) is 0 Å². The molecule has 5 heteroatoms. The number of aromatic nitrogens is 3. The van der Waals surface area contributed by atoms with E-state index in [1.54, 1.807) is 12.1 Å². The molecular formula is C39H23N3O2. The van der Waals surface area contributed by atoms with Crippen molar-refractivity contribution in [3.63, 3.8) is 0 Å². The van der Waals surface area contributed by atoms with Crippen molar-refractivity contribution in [2.75, 3.05) is 0 Å². The second kappa shape index (κ2) is 9.75. The lowest BCUT2D eigenvalue weighted by atomic mass is 10.0. The quantitative estimate of drug-likeness (QED) is 0.211. The van der Waals surface area contributed by atoms with Gasteiger partial charge in [-0.15, -0.1) is 0 Å². The van der Waals surface area contributed by atoms with E-state index in [9.17, 15) is 0 Å². The zero-order valence-electron chi connectivity index (χ0n) is 28.1. The first kappa shape index (κ1) is 19.9. The smallest absolute Gasteiger partial charge is 0.164 e. The number of rotatable bonds is 4. The highest BCUT2D eigenvalue weighted by atomic mass is 16.3. The molecule has 0 atom stereocenters. The SMILES string of the molecule is [2H]c1c([2H])c([2H])c(-c2cccc3c2oc2cc(-c4nc(-c5ccccc5)nc(-c5ccc6oc7ccccc7c6c5)n4)ccc23)c([2H])c1[2H]. The van der Waals surface area contributed by atoms with E-state index in [0.29, 0.717) is 39.8 Å². The lowest BCUT2D eigenvalue weighted by Crippen LogP contribution is -2.00. The Hall–Kier alpha value is -6.07. The summed E-state index contributed by atoms with van der Waals surface area (Å²) in [5.74, 6) is 1.48. The summed E-state index contributed by atoms with van der Waals surface area (Å²) in [6.45, 7) is 0. The van der Waals surface area contributed by atoms with Gasteiger partial charge in [-0.1, -0.05) is 103 Å². The van der Waals surface area contributed by atoms with Gasteiger partial charge in [0.25, 0.3) is 0 Å². The number of furan rings is 2. The average molecular weight is 571 g/mol. The van der Waals surface area contributed by atoms with Crippen LogP contribution in [0.25, 0.3) is 89.2 Å². The third kappa shape index (κ3) is 3.98. The van der Waals surface area contributed by atoms with Gasteiger partial charge in [-0.25, -0.2) is 15.0 Å². The fraction of sp³-hybridized carbons (Fsp3) is 0. The van der Waals surface area contributed by atoms with Crippen LogP contribution in [-0.2, 0) is 0 Å². The fourth-order valence-corrected chi connectivity index (χ4v) is 5.73.